The molecule has 2 N–H and O–H groups in total. The average molecular weight is 383 g/mol. The summed E-state index contributed by atoms with van der Waals surface area (Å²) in [7, 11) is 0. The predicted molar refractivity (Wildman–Crippen MR) is 91.5 cm³/mol. The second-order valence-electron chi connectivity index (χ2n) is 5.37. The van der Waals surface area contributed by atoms with E-state index in [1.807, 2.05) is 0 Å². The molecule has 144 valence electrons. The second kappa shape index (κ2) is 8.88. The SMILES string of the molecule is O=C(COc1cccc(C(F)(F)F)c1)NCCNc1ccccc1[N+](=O)[O-]. The standard InChI is InChI=1S/C17H16F3N3O4/c18-17(19,20)12-4-3-5-13(10-12)27-11-16(24)22-9-8-21-14-6-1-2-7-15(14)23(25)26/h1-7,10,21H,8-9,11H2,(H,22,24). The Hall–Kier alpha value is -3.30. The van der Waals surface area contributed by atoms with E-state index in [2.05, 4.69) is 10.6 Å². The van der Waals surface area contributed by atoms with Gasteiger partial charge in [-0.05, 0) is 24.3 Å². The van der Waals surface area contributed by atoms with Gasteiger partial charge in [0, 0.05) is 19.2 Å². The van der Waals surface area contributed by atoms with Crippen LogP contribution in [0.2, 0.25) is 0 Å². The minimum atomic E-state index is -4.49. The van der Waals surface area contributed by atoms with E-state index in [1.165, 1.54) is 30.3 Å². The van der Waals surface area contributed by atoms with Crippen molar-refractivity contribution in [3.8, 4) is 5.75 Å². The van der Waals surface area contributed by atoms with Gasteiger partial charge < -0.3 is 15.4 Å². The monoisotopic (exact) mass is 383 g/mol. The van der Waals surface area contributed by atoms with Gasteiger partial charge in [0.15, 0.2) is 6.61 Å². The van der Waals surface area contributed by atoms with Gasteiger partial charge in [0.1, 0.15) is 11.4 Å². The van der Waals surface area contributed by atoms with Gasteiger partial charge in [0.25, 0.3) is 11.6 Å². The largest absolute Gasteiger partial charge is 0.484 e. The van der Waals surface area contributed by atoms with Crippen molar-refractivity contribution in [2.75, 3.05) is 25.0 Å². The Labute approximate surface area is 152 Å². The minimum absolute atomic E-state index is 0.0713. The number of alkyl halides is 3. The smallest absolute Gasteiger partial charge is 0.416 e. The molecule has 0 radical (unpaired) electrons. The number of rotatable bonds is 8. The summed E-state index contributed by atoms with van der Waals surface area (Å²) >= 11 is 0. The number of benzene rings is 2. The maximum atomic E-state index is 12.6. The molecule has 2 rings (SSSR count). The van der Waals surface area contributed by atoms with Crippen molar-refractivity contribution in [2.24, 2.45) is 0 Å². The molecule has 0 saturated carbocycles. The lowest BCUT2D eigenvalue weighted by Gasteiger charge is -2.11. The van der Waals surface area contributed by atoms with Gasteiger partial charge in [0.2, 0.25) is 0 Å². The van der Waals surface area contributed by atoms with Crippen molar-refractivity contribution >= 4 is 17.3 Å². The van der Waals surface area contributed by atoms with E-state index in [4.69, 9.17) is 4.74 Å². The van der Waals surface area contributed by atoms with Crippen LogP contribution in [0.3, 0.4) is 0 Å². The average Bonchev–Trinajstić information content (AvgIpc) is 2.63. The molecule has 0 heterocycles. The number of halogens is 3. The maximum absolute atomic E-state index is 12.6. The highest BCUT2D eigenvalue weighted by atomic mass is 19.4. The molecule has 0 saturated heterocycles. The maximum Gasteiger partial charge on any atom is 0.416 e. The van der Waals surface area contributed by atoms with E-state index in [0.717, 1.165) is 12.1 Å². The highest BCUT2D eigenvalue weighted by Gasteiger charge is 2.30. The molecule has 0 aliphatic carbocycles. The number of nitro groups is 1. The molecular weight excluding hydrogens is 367 g/mol. The molecule has 7 nitrogen and oxygen atoms in total. The highest BCUT2D eigenvalue weighted by Crippen LogP contribution is 2.31. The molecular formula is C17H16F3N3O4. The Morgan fingerprint density at radius 1 is 1.11 bits per heavy atom. The van der Waals surface area contributed by atoms with Gasteiger partial charge in [-0.25, -0.2) is 0 Å². The van der Waals surface area contributed by atoms with Crippen LogP contribution in [-0.2, 0) is 11.0 Å². The minimum Gasteiger partial charge on any atom is -0.484 e. The Bertz CT molecular complexity index is 812. The summed E-state index contributed by atoms with van der Waals surface area (Å²) < 4.78 is 42.9. The molecule has 2 aromatic rings. The fourth-order valence-corrected chi connectivity index (χ4v) is 2.14. The van der Waals surface area contributed by atoms with Gasteiger partial charge in [-0.1, -0.05) is 18.2 Å². The first-order valence-electron chi connectivity index (χ1n) is 7.81. The number of hydrogen-bond donors (Lipinski definition) is 2. The van der Waals surface area contributed by atoms with Gasteiger partial charge >= 0.3 is 6.18 Å². The number of nitrogens with zero attached hydrogens (tertiary/aromatic N) is 1. The molecule has 0 fully saturated rings. The first-order chi connectivity index (χ1) is 12.8. The molecule has 0 aliphatic heterocycles. The van der Waals surface area contributed by atoms with Crippen molar-refractivity contribution in [3.05, 3.63) is 64.2 Å². The number of nitrogens with one attached hydrogen (secondary N) is 2. The van der Waals surface area contributed by atoms with Crippen LogP contribution in [0.4, 0.5) is 24.5 Å². The van der Waals surface area contributed by atoms with Crippen LogP contribution in [-0.4, -0.2) is 30.5 Å². The lowest BCUT2D eigenvalue weighted by Crippen LogP contribution is -2.32. The zero-order chi connectivity index (χ0) is 19.9. The van der Waals surface area contributed by atoms with E-state index in [9.17, 15) is 28.1 Å². The number of amides is 1. The summed E-state index contributed by atoms with van der Waals surface area (Å²) in [4.78, 5) is 22.0. The van der Waals surface area contributed by atoms with Gasteiger partial charge in [-0.2, -0.15) is 13.2 Å². The fraction of sp³-hybridized carbons (Fsp3) is 0.235. The second-order valence-corrected chi connectivity index (χ2v) is 5.37. The molecule has 0 bridgehead atoms. The lowest BCUT2D eigenvalue weighted by molar-refractivity contribution is -0.384. The van der Waals surface area contributed by atoms with Crippen molar-refractivity contribution in [1.29, 1.82) is 0 Å². The first kappa shape index (κ1) is 20.0. The summed E-state index contributed by atoms with van der Waals surface area (Å²) in [6.07, 6.45) is -4.49. The molecule has 1 amide bonds. The van der Waals surface area contributed by atoms with Crippen LogP contribution in [0.1, 0.15) is 5.56 Å². The van der Waals surface area contributed by atoms with E-state index < -0.39 is 29.2 Å². The topological polar surface area (TPSA) is 93.5 Å². The molecule has 27 heavy (non-hydrogen) atoms. The zero-order valence-electron chi connectivity index (χ0n) is 14.0. The summed E-state index contributed by atoms with van der Waals surface area (Å²) in [5.41, 5.74) is -0.636. The van der Waals surface area contributed by atoms with Crippen molar-refractivity contribution in [2.45, 2.75) is 6.18 Å². The Morgan fingerprint density at radius 2 is 1.85 bits per heavy atom. The van der Waals surface area contributed by atoms with Gasteiger partial charge in [0.05, 0.1) is 10.5 Å². The molecule has 0 aromatic heterocycles. The Kier molecular flexibility index (Phi) is 6.58. The molecule has 10 heteroatoms. The van der Waals surface area contributed by atoms with Crippen LogP contribution in [0.15, 0.2) is 48.5 Å². The Morgan fingerprint density at radius 3 is 2.56 bits per heavy atom. The summed E-state index contributed by atoms with van der Waals surface area (Å²) in [5.74, 6) is -0.602. The van der Waals surface area contributed by atoms with Crippen molar-refractivity contribution < 1.29 is 27.6 Å². The number of hydrogen-bond acceptors (Lipinski definition) is 5. The third kappa shape index (κ3) is 6.17. The number of carbonyl (C=O) groups is 1. The summed E-state index contributed by atoms with van der Waals surface area (Å²) in [6, 6.07) is 10.3. The summed E-state index contributed by atoms with van der Waals surface area (Å²) in [5, 5.41) is 16.2. The zero-order valence-corrected chi connectivity index (χ0v) is 14.0. The molecule has 2 aromatic carbocycles. The number of anilines is 1. The quantitative estimate of drug-likeness (QED) is 0.415. The van der Waals surface area contributed by atoms with Crippen molar-refractivity contribution in [1.82, 2.24) is 5.32 Å². The first-order valence-corrected chi connectivity index (χ1v) is 7.81. The van der Waals surface area contributed by atoms with E-state index in [0.29, 0.717) is 5.69 Å². The van der Waals surface area contributed by atoms with Crippen LogP contribution < -0.4 is 15.4 Å². The number of carbonyl (C=O) groups excluding carboxylic acids is 1. The summed E-state index contributed by atoms with van der Waals surface area (Å²) in [6.45, 7) is -0.0796. The molecule has 0 unspecified atom stereocenters. The van der Waals surface area contributed by atoms with Crippen LogP contribution in [0, 0.1) is 10.1 Å². The van der Waals surface area contributed by atoms with Crippen LogP contribution >= 0.6 is 0 Å². The lowest BCUT2D eigenvalue weighted by atomic mass is 10.2. The van der Waals surface area contributed by atoms with Gasteiger partial charge in [-0.15, -0.1) is 0 Å². The van der Waals surface area contributed by atoms with Gasteiger partial charge in [-0.3, -0.25) is 14.9 Å². The number of nitro benzene ring substituents is 1. The number of ether oxygens (including phenoxy) is 1. The molecule has 0 aliphatic rings. The van der Waals surface area contributed by atoms with Crippen LogP contribution in [0.25, 0.3) is 0 Å². The highest BCUT2D eigenvalue weighted by molar-refractivity contribution is 5.77. The number of para-hydroxylation sites is 2. The predicted octanol–water partition coefficient (Wildman–Crippen LogP) is 3.22. The Balaban J connectivity index is 1.75. The fourth-order valence-electron chi connectivity index (χ4n) is 2.14. The third-order valence-electron chi connectivity index (χ3n) is 3.39. The van der Waals surface area contributed by atoms with Crippen LogP contribution in [0.5, 0.6) is 5.75 Å². The molecule has 0 atom stereocenters. The van der Waals surface area contributed by atoms with E-state index >= 15 is 0 Å². The molecule has 0 spiro atoms. The normalized spacial score (nSPS) is 10.9. The third-order valence-corrected chi connectivity index (χ3v) is 3.39. The van der Waals surface area contributed by atoms with E-state index in [1.54, 1.807) is 6.07 Å². The van der Waals surface area contributed by atoms with Crippen molar-refractivity contribution in [3.63, 3.8) is 0 Å². The van der Waals surface area contributed by atoms with E-state index in [-0.39, 0.29) is 24.5 Å².